The van der Waals surface area contributed by atoms with Gasteiger partial charge in [-0.25, -0.2) is 0 Å². The number of likely N-dealkylation sites (N-methyl/N-ethyl adjacent to an activating group) is 1. The largest absolute Gasteiger partial charge is 0.496 e. The SMILES string of the molecule is COC(=O)C(CCCN(C)CCc1ccc(OC)c(C)c1)(C(=O)OC(C)C)c1ccc(CO)c(CO)c1. The van der Waals surface area contributed by atoms with Crippen molar-refractivity contribution in [2.45, 2.75) is 64.8 Å². The third-order valence-electron chi connectivity index (χ3n) is 6.60. The second-order valence-electron chi connectivity index (χ2n) is 9.61. The second kappa shape index (κ2) is 14.1. The average Bonchev–Trinajstić information content (AvgIpc) is 2.88. The molecule has 0 heterocycles. The fourth-order valence-electron chi connectivity index (χ4n) is 4.49. The molecule has 0 aliphatic rings. The molecule has 2 N–H and O–H groups in total. The maximum absolute atomic E-state index is 13.4. The molecule has 2 rings (SSSR count). The predicted octanol–water partition coefficient (Wildman–Crippen LogP) is 3.31. The van der Waals surface area contributed by atoms with Gasteiger partial charge in [0.15, 0.2) is 5.41 Å². The monoisotopic (exact) mass is 515 g/mol. The number of carbonyl (C=O) groups excluding carboxylic acids is 2. The summed E-state index contributed by atoms with van der Waals surface area (Å²) in [6.07, 6.45) is 1.11. The Hall–Kier alpha value is -2.94. The van der Waals surface area contributed by atoms with Crippen molar-refractivity contribution in [1.29, 1.82) is 0 Å². The van der Waals surface area contributed by atoms with Gasteiger partial charge >= 0.3 is 11.9 Å². The molecule has 0 fully saturated rings. The Morgan fingerprint density at radius 2 is 1.68 bits per heavy atom. The van der Waals surface area contributed by atoms with Crippen LogP contribution in [0.5, 0.6) is 5.75 Å². The second-order valence-corrected chi connectivity index (χ2v) is 9.61. The van der Waals surface area contributed by atoms with Gasteiger partial charge in [-0.05, 0) is 87.5 Å². The molecule has 8 nitrogen and oxygen atoms in total. The number of aliphatic hydroxyl groups excluding tert-OH is 2. The molecule has 0 spiro atoms. The van der Waals surface area contributed by atoms with Gasteiger partial charge in [0.1, 0.15) is 5.75 Å². The van der Waals surface area contributed by atoms with Gasteiger partial charge in [-0.3, -0.25) is 9.59 Å². The Morgan fingerprint density at radius 3 is 2.24 bits per heavy atom. The first kappa shape index (κ1) is 30.3. The molecule has 0 amide bonds. The summed E-state index contributed by atoms with van der Waals surface area (Å²) in [6.45, 7) is 6.30. The first-order valence-electron chi connectivity index (χ1n) is 12.6. The maximum atomic E-state index is 13.4. The number of esters is 2. The lowest BCUT2D eigenvalue weighted by Gasteiger charge is -2.31. The first-order chi connectivity index (χ1) is 17.6. The Morgan fingerprint density at radius 1 is 0.973 bits per heavy atom. The van der Waals surface area contributed by atoms with Crippen LogP contribution in [0, 0.1) is 6.92 Å². The molecular formula is C29H41NO7. The fourth-order valence-corrected chi connectivity index (χ4v) is 4.49. The van der Waals surface area contributed by atoms with E-state index in [0.29, 0.717) is 29.7 Å². The van der Waals surface area contributed by atoms with E-state index in [9.17, 15) is 19.8 Å². The first-order valence-corrected chi connectivity index (χ1v) is 12.6. The van der Waals surface area contributed by atoms with Crippen LogP contribution in [0.3, 0.4) is 0 Å². The van der Waals surface area contributed by atoms with E-state index >= 15 is 0 Å². The summed E-state index contributed by atoms with van der Waals surface area (Å²) in [6, 6.07) is 11.0. The lowest BCUT2D eigenvalue weighted by atomic mass is 9.75. The highest BCUT2D eigenvalue weighted by Crippen LogP contribution is 2.35. The number of ether oxygens (including phenoxy) is 3. The highest BCUT2D eigenvalue weighted by Gasteiger charge is 2.50. The van der Waals surface area contributed by atoms with Crippen LogP contribution in [0.2, 0.25) is 0 Å². The number of hydrogen-bond donors (Lipinski definition) is 2. The number of nitrogens with zero attached hydrogens (tertiary/aromatic N) is 1. The number of aliphatic hydroxyl groups is 2. The molecule has 0 bridgehead atoms. The van der Waals surface area contributed by atoms with Crippen molar-refractivity contribution in [3.8, 4) is 5.75 Å². The summed E-state index contributed by atoms with van der Waals surface area (Å²) in [7, 11) is 4.91. The highest BCUT2D eigenvalue weighted by molar-refractivity contribution is 6.06. The minimum Gasteiger partial charge on any atom is -0.496 e. The molecule has 0 aliphatic heterocycles. The molecule has 8 heteroatoms. The summed E-state index contributed by atoms with van der Waals surface area (Å²) >= 11 is 0. The summed E-state index contributed by atoms with van der Waals surface area (Å²) in [5.74, 6) is -0.539. The molecule has 0 radical (unpaired) electrons. The van der Waals surface area contributed by atoms with E-state index in [2.05, 4.69) is 17.0 Å². The van der Waals surface area contributed by atoms with Gasteiger partial charge in [0, 0.05) is 6.54 Å². The van der Waals surface area contributed by atoms with E-state index in [1.54, 1.807) is 39.2 Å². The lowest BCUT2D eigenvalue weighted by molar-refractivity contribution is -0.166. The summed E-state index contributed by atoms with van der Waals surface area (Å²) in [5, 5.41) is 19.4. The maximum Gasteiger partial charge on any atom is 0.328 e. The van der Waals surface area contributed by atoms with Crippen LogP contribution in [0.4, 0.5) is 0 Å². The van der Waals surface area contributed by atoms with Crippen LogP contribution in [-0.4, -0.2) is 67.5 Å². The van der Waals surface area contributed by atoms with Crippen LogP contribution in [-0.2, 0) is 44.1 Å². The molecule has 0 aliphatic carbocycles. The van der Waals surface area contributed by atoms with Crippen molar-refractivity contribution in [2.75, 3.05) is 34.4 Å². The van der Waals surface area contributed by atoms with E-state index in [1.165, 1.54) is 12.7 Å². The molecule has 37 heavy (non-hydrogen) atoms. The van der Waals surface area contributed by atoms with Gasteiger partial charge in [0.2, 0.25) is 0 Å². The fraction of sp³-hybridized carbons (Fsp3) is 0.517. The van der Waals surface area contributed by atoms with Gasteiger partial charge in [-0.1, -0.05) is 30.3 Å². The summed E-state index contributed by atoms with van der Waals surface area (Å²) < 4.78 is 16.0. The Kier molecular flexibility index (Phi) is 11.6. The standard InChI is InChI=1S/C29H41NO7/c1-20(2)37-28(34)29(27(33)36-6,25-10-9-23(18-31)24(17-25)19-32)13-7-14-30(4)15-12-22-8-11-26(35-5)21(3)16-22/h8-11,16-17,20,31-32H,7,12-15,18-19H2,1-6H3. The van der Waals surface area contributed by atoms with Crippen molar-refractivity contribution in [1.82, 2.24) is 4.90 Å². The van der Waals surface area contributed by atoms with Crippen molar-refractivity contribution in [2.24, 2.45) is 0 Å². The number of aryl methyl sites for hydroxylation is 1. The molecule has 1 unspecified atom stereocenters. The van der Waals surface area contributed by atoms with Gasteiger partial charge in [0.25, 0.3) is 0 Å². The zero-order valence-electron chi connectivity index (χ0n) is 22.9. The minimum absolute atomic E-state index is 0.167. The molecule has 204 valence electrons. The van der Waals surface area contributed by atoms with E-state index in [1.807, 2.05) is 20.0 Å². The topological polar surface area (TPSA) is 106 Å². The van der Waals surface area contributed by atoms with Gasteiger partial charge in [0.05, 0.1) is 33.5 Å². The zero-order chi connectivity index (χ0) is 27.6. The Bertz CT molecular complexity index is 1050. The molecular weight excluding hydrogens is 474 g/mol. The van der Waals surface area contributed by atoms with E-state index < -0.39 is 23.5 Å². The van der Waals surface area contributed by atoms with E-state index in [4.69, 9.17) is 14.2 Å². The van der Waals surface area contributed by atoms with Crippen molar-refractivity contribution < 1.29 is 34.0 Å². The average molecular weight is 516 g/mol. The minimum atomic E-state index is -1.69. The van der Waals surface area contributed by atoms with Crippen molar-refractivity contribution >= 4 is 11.9 Å². The molecule has 0 aromatic heterocycles. The highest BCUT2D eigenvalue weighted by atomic mass is 16.6. The van der Waals surface area contributed by atoms with Crippen LogP contribution in [0.15, 0.2) is 36.4 Å². The smallest absolute Gasteiger partial charge is 0.328 e. The van der Waals surface area contributed by atoms with Crippen LogP contribution in [0.1, 0.15) is 54.5 Å². The lowest BCUT2D eigenvalue weighted by Crippen LogP contribution is -2.47. The number of methoxy groups -OCH3 is 2. The predicted molar refractivity (Wildman–Crippen MR) is 141 cm³/mol. The number of benzene rings is 2. The quantitative estimate of drug-likeness (QED) is 0.292. The summed E-state index contributed by atoms with van der Waals surface area (Å²) in [5.41, 5.74) is 1.94. The van der Waals surface area contributed by atoms with Gasteiger partial charge in [-0.2, -0.15) is 0 Å². The van der Waals surface area contributed by atoms with Crippen LogP contribution < -0.4 is 4.74 Å². The zero-order valence-corrected chi connectivity index (χ0v) is 22.9. The van der Waals surface area contributed by atoms with Crippen molar-refractivity contribution in [3.05, 3.63) is 64.2 Å². The Balaban J connectivity index is 2.24. The number of hydrogen-bond acceptors (Lipinski definition) is 8. The number of carbonyl (C=O) groups is 2. The molecule has 0 saturated carbocycles. The normalized spacial score (nSPS) is 12.9. The van der Waals surface area contributed by atoms with Crippen LogP contribution >= 0.6 is 0 Å². The third kappa shape index (κ3) is 7.53. The molecule has 2 aromatic carbocycles. The molecule has 0 saturated heterocycles. The van der Waals surface area contributed by atoms with E-state index in [0.717, 1.165) is 24.3 Å². The van der Waals surface area contributed by atoms with Crippen LogP contribution in [0.25, 0.3) is 0 Å². The Labute approximate surface area is 220 Å². The van der Waals surface area contributed by atoms with Gasteiger partial charge in [-0.15, -0.1) is 0 Å². The van der Waals surface area contributed by atoms with E-state index in [-0.39, 0.29) is 19.6 Å². The van der Waals surface area contributed by atoms with Crippen molar-refractivity contribution in [3.63, 3.8) is 0 Å². The molecule has 2 aromatic rings. The third-order valence-corrected chi connectivity index (χ3v) is 6.60. The summed E-state index contributed by atoms with van der Waals surface area (Å²) in [4.78, 5) is 28.8. The van der Waals surface area contributed by atoms with Gasteiger partial charge < -0.3 is 29.3 Å². The molecule has 1 atom stereocenters. The number of rotatable bonds is 14.